The number of anilines is 1. The highest BCUT2D eigenvalue weighted by Gasteiger charge is 2.29. The van der Waals surface area contributed by atoms with Crippen molar-refractivity contribution < 1.29 is 22.6 Å². The molecule has 2 aromatic carbocycles. The molecule has 1 N–H and O–H groups in total. The van der Waals surface area contributed by atoms with Gasteiger partial charge in [-0.3, -0.25) is 5.43 Å². The van der Waals surface area contributed by atoms with Crippen molar-refractivity contribution in [2.75, 3.05) is 19.1 Å². The third-order valence-corrected chi connectivity index (χ3v) is 3.11. The van der Waals surface area contributed by atoms with Crippen molar-refractivity contribution in [1.29, 1.82) is 0 Å². The number of nitrogens with one attached hydrogen (secondary N) is 1. The molecule has 0 spiro atoms. The van der Waals surface area contributed by atoms with Crippen LogP contribution < -0.4 is 14.9 Å². The van der Waals surface area contributed by atoms with Crippen LogP contribution in [0.2, 0.25) is 0 Å². The molecular formula is C17H17F3N2O2. The molecule has 0 amide bonds. The first kappa shape index (κ1) is 17.7. The number of nitrogens with zero attached hydrogens (tertiary/aromatic N) is 1. The van der Waals surface area contributed by atoms with Crippen LogP contribution in [0.1, 0.15) is 18.1 Å². The lowest BCUT2D eigenvalue weighted by Gasteiger charge is -2.09. The Bertz CT molecular complexity index is 698. The number of ether oxygens (including phenoxy) is 2. The second-order valence-electron chi connectivity index (χ2n) is 4.79. The van der Waals surface area contributed by atoms with Gasteiger partial charge in [0.1, 0.15) is 0 Å². The summed E-state index contributed by atoms with van der Waals surface area (Å²) in [6.07, 6.45) is -2.81. The van der Waals surface area contributed by atoms with Crippen LogP contribution in [0.25, 0.3) is 0 Å². The fourth-order valence-corrected chi connectivity index (χ4v) is 1.96. The predicted octanol–water partition coefficient (Wildman–Crippen LogP) is 4.56. The minimum absolute atomic E-state index is 0.456. The van der Waals surface area contributed by atoms with Crippen molar-refractivity contribution in [3.8, 4) is 11.5 Å². The number of benzene rings is 2. The van der Waals surface area contributed by atoms with Gasteiger partial charge in [0.05, 0.1) is 31.2 Å². The van der Waals surface area contributed by atoms with E-state index >= 15 is 0 Å². The van der Waals surface area contributed by atoms with Crippen LogP contribution in [-0.2, 0) is 6.18 Å². The number of methoxy groups -OCH3 is 1. The smallest absolute Gasteiger partial charge is 0.416 e. The zero-order valence-electron chi connectivity index (χ0n) is 13.2. The molecule has 128 valence electrons. The molecule has 0 unspecified atom stereocenters. The van der Waals surface area contributed by atoms with Crippen LogP contribution in [0.5, 0.6) is 11.5 Å². The van der Waals surface area contributed by atoms with E-state index in [0.717, 1.165) is 17.7 Å². The number of alkyl halides is 3. The van der Waals surface area contributed by atoms with E-state index in [0.29, 0.717) is 23.8 Å². The number of rotatable bonds is 6. The lowest BCUT2D eigenvalue weighted by Crippen LogP contribution is -2.04. The van der Waals surface area contributed by atoms with Crippen LogP contribution >= 0.6 is 0 Å². The number of halogens is 3. The quantitative estimate of drug-likeness (QED) is 0.620. The van der Waals surface area contributed by atoms with E-state index in [1.165, 1.54) is 12.1 Å². The fourth-order valence-electron chi connectivity index (χ4n) is 1.96. The third kappa shape index (κ3) is 4.65. The minimum atomic E-state index is -4.35. The molecule has 0 saturated heterocycles. The first-order valence-corrected chi connectivity index (χ1v) is 7.21. The Labute approximate surface area is 137 Å². The maximum absolute atomic E-state index is 12.5. The first-order chi connectivity index (χ1) is 11.4. The highest BCUT2D eigenvalue weighted by atomic mass is 19.4. The zero-order chi connectivity index (χ0) is 17.6. The number of hydrazone groups is 1. The maximum atomic E-state index is 12.5. The molecule has 0 fully saturated rings. The standard InChI is InChI=1S/C17H17F3N2O2/c1-3-24-16-10-12(4-9-15(16)23-2)11-21-22-14-7-5-13(6-8-14)17(18,19)20/h4-11,22H,3H2,1-2H3. The molecule has 2 aromatic rings. The van der Waals surface area contributed by atoms with E-state index < -0.39 is 11.7 Å². The Balaban J connectivity index is 2.05. The van der Waals surface area contributed by atoms with E-state index in [-0.39, 0.29) is 0 Å². The molecule has 7 heteroatoms. The molecule has 24 heavy (non-hydrogen) atoms. The van der Waals surface area contributed by atoms with Crippen LogP contribution in [0.15, 0.2) is 47.6 Å². The Hall–Kier alpha value is -2.70. The molecule has 0 saturated carbocycles. The lowest BCUT2D eigenvalue weighted by atomic mass is 10.2. The van der Waals surface area contributed by atoms with Crippen molar-refractivity contribution in [3.63, 3.8) is 0 Å². The largest absolute Gasteiger partial charge is 0.493 e. The van der Waals surface area contributed by atoms with Crippen LogP contribution in [0, 0.1) is 0 Å². The van der Waals surface area contributed by atoms with Gasteiger partial charge in [-0.25, -0.2) is 0 Å². The molecule has 0 aliphatic carbocycles. The van der Waals surface area contributed by atoms with Gasteiger partial charge in [0.25, 0.3) is 0 Å². The summed E-state index contributed by atoms with van der Waals surface area (Å²) < 4.78 is 48.1. The predicted molar refractivity (Wildman–Crippen MR) is 86.8 cm³/mol. The summed E-state index contributed by atoms with van der Waals surface area (Å²) >= 11 is 0. The van der Waals surface area contributed by atoms with Crippen molar-refractivity contribution in [1.82, 2.24) is 0 Å². The topological polar surface area (TPSA) is 42.8 Å². The minimum Gasteiger partial charge on any atom is -0.493 e. The van der Waals surface area contributed by atoms with E-state index in [1.807, 2.05) is 6.92 Å². The van der Waals surface area contributed by atoms with Crippen LogP contribution in [-0.4, -0.2) is 19.9 Å². The number of hydrogen-bond donors (Lipinski definition) is 1. The normalized spacial score (nSPS) is 11.5. The highest BCUT2D eigenvalue weighted by Crippen LogP contribution is 2.30. The Morgan fingerprint density at radius 2 is 1.79 bits per heavy atom. The molecule has 0 atom stereocenters. The Morgan fingerprint density at radius 3 is 2.38 bits per heavy atom. The van der Waals surface area contributed by atoms with Crippen molar-refractivity contribution in [3.05, 3.63) is 53.6 Å². The van der Waals surface area contributed by atoms with Gasteiger partial charge in [0.15, 0.2) is 11.5 Å². The molecule has 0 radical (unpaired) electrons. The van der Waals surface area contributed by atoms with Crippen molar-refractivity contribution in [2.24, 2.45) is 5.10 Å². The summed E-state index contributed by atoms with van der Waals surface area (Å²) in [5, 5.41) is 4.01. The molecule has 2 rings (SSSR count). The summed E-state index contributed by atoms with van der Waals surface area (Å²) in [6, 6.07) is 9.94. The van der Waals surface area contributed by atoms with E-state index in [9.17, 15) is 13.2 Å². The first-order valence-electron chi connectivity index (χ1n) is 7.21. The van der Waals surface area contributed by atoms with Gasteiger partial charge < -0.3 is 9.47 Å². The fraction of sp³-hybridized carbons (Fsp3) is 0.235. The van der Waals surface area contributed by atoms with E-state index in [1.54, 1.807) is 31.5 Å². The van der Waals surface area contributed by atoms with E-state index in [4.69, 9.17) is 9.47 Å². The van der Waals surface area contributed by atoms with Gasteiger partial charge >= 0.3 is 6.18 Å². The monoisotopic (exact) mass is 338 g/mol. The lowest BCUT2D eigenvalue weighted by molar-refractivity contribution is -0.137. The number of hydrogen-bond acceptors (Lipinski definition) is 4. The molecular weight excluding hydrogens is 321 g/mol. The average Bonchev–Trinajstić information content (AvgIpc) is 2.55. The molecule has 0 aliphatic heterocycles. The van der Waals surface area contributed by atoms with Crippen molar-refractivity contribution >= 4 is 11.9 Å². The molecule has 0 bridgehead atoms. The van der Waals surface area contributed by atoms with Crippen molar-refractivity contribution in [2.45, 2.75) is 13.1 Å². The summed E-state index contributed by atoms with van der Waals surface area (Å²) in [5.41, 5.74) is 3.20. The maximum Gasteiger partial charge on any atom is 0.416 e. The second kappa shape index (κ2) is 7.72. The van der Waals surface area contributed by atoms with Gasteiger partial charge in [-0.1, -0.05) is 0 Å². The van der Waals surface area contributed by atoms with Gasteiger partial charge in [-0.05, 0) is 55.0 Å². The van der Waals surface area contributed by atoms with Gasteiger partial charge in [-0.2, -0.15) is 18.3 Å². The molecule has 0 aromatic heterocycles. The third-order valence-electron chi connectivity index (χ3n) is 3.11. The second-order valence-corrected chi connectivity index (χ2v) is 4.79. The van der Waals surface area contributed by atoms with Gasteiger partial charge in [0, 0.05) is 0 Å². The summed E-state index contributed by atoms with van der Waals surface area (Å²) in [4.78, 5) is 0. The Kier molecular flexibility index (Phi) is 5.68. The molecule has 0 heterocycles. The molecule has 0 aliphatic rings. The average molecular weight is 338 g/mol. The highest BCUT2D eigenvalue weighted by molar-refractivity contribution is 5.81. The van der Waals surface area contributed by atoms with Crippen LogP contribution in [0.4, 0.5) is 18.9 Å². The molecule has 4 nitrogen and oxygen atoms in total. The summed E-state index contributed by atoms with van der Waals surface area (Å²) in [5.74, 6) is 1.21. The van der Waals surface area contributed by atoms with Gasteiger partial charge in [-0.15, -0.1) is 0 Å². The zero-order valence-corrected chi connectivity index (χ0v) is 13.2. The Morgan fingerprint density at radius 1 is 1.08 bits per heavy atom. The van der Waals surface area contributed by atoms with Crippen LogP contribution in [0.3, 0.4) is 0 Å². The van der Waals surface area contributed by atoms with E-state index in [2.05, 4.69) is 10.5 Å². The summed E-state index contributed by atoms with van der Waals surface area (Å²) in [7, 11) is 1.55. The SMILES string of the molecule is CCOc1cc(C=NNc2ccc(C(F)(F)F)cc2)ccc1OC. The summed E-state index contributed by atoms with van der Waals surface area (Å²) in [6.45, 7) is 2.37. The van der Waals surface area contributed by atoms with Gasteiger partial charge in [0.2, 0.25) is 0 Å².